The lowest BCUT2D eigenvalue weighted by molar-refractivity contribution is -0.155. The average Bonchev–Trinajstić information content (AvgIpc) is 3.29. The number of nitrogens with zero attached hydrogens (tertiary/aromatic N) is 2. The topological polar surface area (TPSA) is 87.2 Å². The molecule has 1 N–H and O–H groups in total. The maximum Gasteiger partial charge on any atom is 0.408 e. The summed E-state index contributed by atoms with van der Waals surface area (Å²) in [6.45, 7) is 0.771. The smallest absolute Gasteiger partial charge is 0.408 e. The summed E-state index contributed by atoms with van der Waals surface area (Å²) in [5, 5.41) is 9.70. The number of hydrogen-bond donors (Lipinski definition) is 1. The zero-order valence-corrected chi connectivity index (χ0v) is 14.9. The molecule has 0 spiro atoms. The Kier molecular flexibility index (Phi) is 5.15. The van der Waals surface area contributed by atoms with E-state index in [1.54, 1.807) is 0 Å². The quantitative estimate of drug-likeness (QED) is 0.829. The van der Waals surface area contributed by atoms with Gasteiger partial charge in [0.25, 0.3) is 0 Å². The Hall–Kier alpha value is -2.57. The van der Waals surface area contributed by atoms with Crippen molar-refractivity contribution in [1.29, 1.82) is 0 Å². The monoisotopic (exact) mass is 360 g/mol. The van der Waals surface area contributed by atoms with E-state index in [1.807, 2.05) is 30.3 Å². The Bertz CT molecular complexity index is 692. The highest BCUT2D eigenvalue weighted by molar-refractivity contribution is 5.94. The van der Waals surface area contributed by atoms with E-state index in [1.165, 1.54) is 16.9 Å². The number of carbonyl (C=O) groups excluding carboxylic acids is 2. The number of hydrogen-bond acceptors (Lipinski definition) is 4. The molecule has 0 saturated carbocycles. The van der Waals surface area contributed by atoms with Gasteiger partial charge in [-0.25, -0.2) is 9.59 Å². The summed E-state index contributed by atoms with van der Waals surface area (Å²) in [6.07, 6.45) is 1.55. The van der Waals surface area contributed by atoms with Crippen LogP contribution in [0.4, 0.5) is 4.79 Å². The fourth-order valence-electron chi connectivity index (χ4n) is 4.23. The third kappa shape index (κ3) is 3.13. The fourth-order valence-corrected chi connectivity index (χ4v) is 4.23. The van der Waals surface area contributed by atoms with Crippen molar-refractivity contribution in [3.05, 3.63) is 35.9 Å². The van der Waals surface area contributed by atoms with Gasteiger partial charge in [0.2, 0.25) is 5.91 Å². The molecule has 1 aromatic rings. The number of rotatable bonds is 4. The van der Waals surface area contributed by atoms with E-state index in [0.717, 1.165) is 5.56 Å². The molecule has 2 heterocycles. The second-order valence-corrected chi connectivity index (χ2v) is 6.91. The number of carbonyl (C=O) groups is 3. The predicted molar refractivity (Wildman–Crippen MR) is 93.6 cm³/mol. The van der Waals surface area contributed by atoms with Crippen LogP contribution in [-0.2, 0) is 20.7 Å². The van der Waals surface area contributed by atoms with E-state index in [4.69, 9.17) is 4.74 Å². The molecule has 7 nitrogen and oxygen atoms in total. The normalized spacial score (nSPS) is 25.3. The minimum atomic E-state index is -1.16. The number of likely N-dealkylation sites (tertiary alicyclic amines) is 2. The summed E-state index contributed by atoms with van der Waals surface area (Å²) in [4.78, 5) is 40.3. The van der Waals surface area contributed by atoms with Crippen LogP contribution in [0.5, 0.6) is 0 Å². The Balaban J connectivity index is 1.96. The minimum absolute atomic E-state index is 0.283. The van der Waals surface area contributed by atoms with Crippen molar-refractivity contribution in [2.45, 2.75) is 43.7 Å². The average molecular weight is 360 g/mol. The lowest BCUT2D eigenvalue weighted by Gasteiger charge is -2.39. The number of benzene rings is 1. The molecular weight excluding hydrogens is 336 g/mol. The lowest BCUT2D eigenvalue weighted by Crippen LogP contribution is -2.61. The lowest BCUT2D eigenvalue weighted by atomic mass is 9.86. The number of amides is 2. The van der Waals surface area contributed by atoms with Crippen LogP contribution < -0.4 is 0 Å². The van der Waals surface area contributed by atoms with E-state index in [-0.39, 0.29) is 5.91 Å². The highest BCUT2D eigenvalue weighted by atomic mass is 16.5. The molecule has 0 bridgehead atoms. The molecule has 2 saturated heterocycles. The molecule has 3 rings (SSSR count). The van der Waals surface area contributed by atoms with Crippen molar-refractivity contribution in [2.75, 3.05) is 20.2 Å². The Morgan fingerprint density at radius 2 is 1.92 bits per heavy atom. The highest BCUT2D eigenvalue weighted by Crippen LogP contribution is 2.37. The van der Waals surface area contributed by atoms with Crippen LogP contribution in [0.2, 0.25) is 0 Å². The van der Waals surface area contributed by atoms with Crippen LogP contribution in [0.25, 0.3) is 0 Å². The number of ether oxygens (including phenoxy) is 1. The molecule has 2 fully saturated rings. The van der Waals surface area contributed by atoms with E-state index < -0.39 is 23.6 Å². The molecule has 2 amide bonds. The number of esters is 1. The summed E-state index contributed by atoms with van der Waals surface area (Å²) in [5.74, 6) is -0.722. The van der Waals surface area contributed by atoms with Gasteiger partial charge < -0.3 is 14.7 Å². The van der Waals surface area contributed by atoms with Crippen LogP contribution >= 0.6 is 0 Å². The van der Waals surface area contributed by atoms with Gasteiger partial charge in [0.05, 0.1) is 7.11 Å². The zero-order valence-electron chi connectivity index (χ0n) is 14.9. The van der Waals surface area contributed by atoms with Gasteiger partial charge in [-0.2, -0.15) is 0 Å². The van der Waals surface area contributed by atoms with Gasteiger partial charge in [0.15, 0.2) is 0 Å². The van der Waals surface area contributed by atoms with Crippen molar-refractivity contribution in [3.8, 4) is 0 Å². The van der Waals surface area contributed by atoms with E-state index in [2.05, 4.69) is 0 Å². The second-order valence-electron chi connectivity index (χ2n) is 6.91. The maximum absolute atomic E-state index is 13.5. The van der Waals surface area contributed by atoms with E-state index in [0.29, 0.717) is 45.2 Å². The molecule has 26 heavy (non-hydrogen) atoms. The standard InChI is InChI=1S/C19H24N2O5/c1-26-16(22)15-9-5-11-20(15)17(23)19(10-6-12-21(19)18(24)25)13-14-7-3-2-4-8-14/h2-4,7-8,15H,5-6,9-13H2,1H3,(H,24,25)/t15-,19-/m0/s1. The van der Waals surface area contributed by atoms with Crippen molar-refractivity contribution >= 4 is 18.0 Å². The van der Waals surface area contributed by atoms with Crippen LogP contribution in [0.1, 0.15) is 31.2 Å². The molecule has 0 aromatic heterocycles. The van der Waals surface area contributed by atoms with Crippen molar-refractivity contribution < 1.29 is 24.2 Å². The first-order valence-electron chi connectivity index (χ1n) is 8.93. The summed E-state index contributed by atoms with van der Waals surface area (Å²) < 4.78 is 4.84. The molecule has 2 atom stereocenters. The van der Waals surface area contributed by atoms with Crippen molar-refractivity contribution in [2.24, 2.45) is 0 Å². The SMILES string of the molecule is COC(=O)[C@@H]1CCCN1C(=O)[C@@]1(Cc2ccccc2)CCCN1C(=O)O. The third-order valence-electron chi connectivity index (χ3n) is 5.44. The molecule has 140 valence electrons. The number of methoxy groups -OCH3 is 1. The van der Waals surface area contributed by atoms with Gasteiger partial charge in [-0.15, -0.1) is 0 Å². The summed E-state index contributed by atoms with van der Waals surface area (Å²) in [6, 6.07) is 8.80. The van der Waals surface area contributed by atoms with Gasteiger partial charge in [-0.3, -0.25) is 9.69 Å². The maximum atomic E-state index is 13.5. The van der Waals surface area contributed by atoms with Crippen LogP contribution in [-0.4, -0.2) is 64.7 Å². The van der Waals surface area contributed by atoms with Gasteiger partial charge >= 0.3 is 12.1 Å². The molecule has 0 aliphatic carbocycles. The molecule has 2 aliphatic rings. The Morgan fingerprint density at radius 1 is 1.19 bits per heavy atom. The highest BCUT2D eigenvalue weighted by Gasteiger charge is 2.53. The minimum Gasteiger partial charge on any atom is -0.467 e. The fraction of sp³-hybridized carbons (Fsp3) is 0.526. The number of carboxylic acid groups (broad SMARTS) is 1. The molecule has 2 aliphatic heterocycles. The molecule has 0 unspecified atom stereocenters. The summed E-state index contributed by atoms with van der Waals surface area (Å²) in [5.41, 5.74) is -0.258. The van der Waals surface area contributed by atoms with Crippen LogP contribution in [0, 0.1) is 0 Å². The molecular formula is C19H24N2O5. The molecule has 0 radical (unpaired) electrons. The zero-order chi connectivity index (χ0) is 18.7. The largest absolute Gasteiger partial charge is 0.467 e. The van der Waals surface area contributed by atoms with Crippen LogP contribution in [0.3, 0.4) is 0 Å². The first kappa shape index (κ1) is 18.2. The first-order valence-corrected chi connectivity index (χ1v) is 8.93. The predicted octanol–water partition coefficient (Wildman–Crippen LogP) is 1.91. The van der Waals surface area contributed by atoms with Crippen LogP contribution in [0.15, 0.2) is 30.3 Å². The Labute approximate surface area is 152 Å². The van der Waals surface area contributed by atoms with Gasteiger partial charge in [-0.1, -0.05) is 30.3 Å². The van der Waals surface area contributed by atoms with Gasteiger partial charge in [-0.05, 0) is 31.2 Å². The first-order chi connectivity index (χ1) is 12.5. The second kappa shape index (κ2) is 7.35. The molecule has 1 aromatic carbocycles. The molecule has 7 heteroatoms. The van der Waals surface area contributed by atoms with E-state index in [9.17, 15) is 19.5 Å². The van der Waals surface area contributed by atoms with Crippen molar-refractivity contribution in [1.82, 2.24) is 9.80 Å². The van der Waals surface area contributed by atoms with E-state index >= 15 is 0 Å². The summed E-state index contributed by atoms with van der Waals surface area (Å²) >= 11 is 0. The van der Waals surface area contributed by atoms with Crippen molar-refractivity contribution in [3.63, 3.8) is 0 Å². The van der Waals surface area contributed by atoms with Gasteiger partial charge in [0.1, 0.15) is 11.6 Å². The third-order valence-corrected chi connectivity index (χ3v) is 5.44. The summed E-state index contributed by atoms with van der Waals surface area (Å²) in [7, 11) is 1.31. The Morgan fingerprint density at radius 3 is 2.58 bits per heavy atom. The van der Waals surface area contributed by atoms with Gasteiger partial charge in [0, 0.05) is 19.5 Å².